The lowest BCUT2D eigenvalue weighted by Gasteiger charge is -2.14. The second kappa shape index (κ2) is 9.09. The van der Waals surface area contributed by atoms with Crippen molar-refractivity contribution in [3.05, 3.63) is 35.9 Å². The number of unbranched alkanes of at least 4 members (excludes halogenated alkanes) is 2. The average molecular weight is 278 g/mol. The third kappa shape index (κ3) is 6.89. The molecule has 5 nitrogen and oxygen atoms in total. The highest BCUT2D eigenvalue weighted by Crippen LogP contribution is 2.03. The Morgan fingerprint density at radius 2 is 1.85 bits per heavy atom. The molecule has 0 aromatic heterocycles. The number of amides is 2. The lowest BCUT2D eigenvalue weighted by atomic mass is 10.1. The third-order valence-corrected chi connectivity index (χ3v) is 2.91. The van der Waals surface area contributed by atoms with E-state index in [2.05, 4.69) is 5.32 Å². The second-order valence-corrected chi connectivity index (χ2v) is 4.72. The molecule has 0 aliphatic carbocycles. The van der Waals surface area contributed by atoms with E-state index in [0.717, 1.165) is 29.9 Å². The Balaban J connectivity index is 2.14. The van der Waals surface area contributed by atoms with Gasteiger partial charge in [-0.05, 0) is 24.8 Å². The molecule has 0 saturated heterocycles. The van der Waals surface area contributed by atoms with Crippen LogP contribution in [0.1, 0.15) is 31.7 Å². The van der Waals surface area contributed by atoms with E-state index < -0.39 is 0 Å². The van der Waals surface area contributed by atoms with Crippen LogP contribution in [0.3, 0.4) is 0 Å². The van der Waals surface area contributed by atoms with Crippen LogP contribution in [0.25, 0.3) is 0 Å². The van der Waals surface area contributed by atoms with Crippen molar-refractivity contribution in [2.24, 2.45) is 0 Å². The predicted molar refractivity (Wildman–Crippen MR) is 76.2 cm³/mol. The minimum absolute atomic E-state index is 0.0353. The highest BCUT2D eigenvalue weighted by Gasteiger charge is 2.10. The molecule has 0 unspecified atom stereocenters. The average Bonchev–Trinajstić information content (AvgIpc) is 2.43. The Bertz CT molecular complexity index is 420. The minimum atomic E-state index is -0.293. The van der Waals surface area contributed by atoms with Gasteiger partial charge in [-0.3, -0.25) is 14.8 Å². The van der Waals surface area contributed by atoms with Gasteiger partial charge in [-0.15, -0.1) is 0 Å². The molecule has 0 aliphatic rings. The first-order valence-corrected chi connectivity index (χ1v) is 6.87. The molecular formula is C15H22N2O3. The monoisotopic (exact) mass is 278 g/mol. The van der Waals surface area contributed by atoms with Gasteiger partial charge < -0.3 is 5.32 Å². The molecule has 2 N–H and O–H groups in total. The molecule has 1 aromatic rings. The second-order valence-electron chi connectivity index (χ2n) is 4.72. The molecular weight excluding hydrogens is 256 g/mol. The largest absolute Gasteiger partial charge is 0.356 e. The van der Waals surface area contributed by atoms with E-state index in [1.165, 1.54) is 6.92 Å². The molecule has 110 valence electrons. The Morgan fingerprint density at radius 3 is 2.50 bits per heavy atom. The predicted octanol–water partition coefficient (Wildman–Crippen LogP) is 1.75. The maximum atomic E-state index is 11.7. The number of carbonyl (C=O) groups is 2. The number of nitrogens with zero attached hydrogens (tertiary/aromatic N) is 1. The molecule has 5 heteroatoms. The number of hydrogen-bond acceptors (Lipinski definition) is 3. The molecule has 0 aliphatic heterocycles. The Hall–Kier alpha value is -1.88. The topological polar surface area (TPSA) is 69.6 Å². The number of nitrogens with one attached hydrogen (secondary N) is 1. The summed E-state index contributed by atoms with van der Waals surface area (Å²) < 4.78 is 0. The summed E-state index contributed by atoms with van der Waals surface area (Å²) in [5.74, 6) is -0.329. The van der Waals surface area contributed by atoms with Gasteiger partial charge in [0.15, 0.2) is 0 Å². The molecule has 0 spiro atoms. The number of hydroxylamine groups is 2. The zero-order chi connectivity index (χ0) is 14.8. The summed E-state index contributed by atoms with van der Waals surface area (Å²) in [6.07, 6.45) is 2.64. The Kier molecular flexibility index (Phi) is 7.35. The number of carbonyl (C=O) groups excluding carboxylic acids is 2. The van der Waals surface area contributed by atoms with E-state index in [0.29, 0.717) is 13.1 Å². The van der Waals surface area contributed by atoms with Crippen molar-refractivity contribution in [1.82, 2.24) is 10.4 Å². The summed E-state index contributed by atoms with van der Waals surface area (Å²) >= 11 is 0. The standard InChI is InChI=1S/C15H22N2O3/c1-13(18)16-10-6-3-7-11-17(20)15(19)12-14-8-4-2-5-9-14/h2,4-5,8-9,20H,3,6-7,10-12H2,1H3,(H,16,18). The van der Waals surface area contributed by atoms with Gasteiger partial charge in [0.05, 0.1) is 6.42 Å². The van der Waals surface area contributed by atoms with Gasteiger partial charge in [-0.25, -0.2) is 5.06 Å². The van der Waals surface area contributed by atoms with Crippen LogP contribution in [0.5, 0.6) is 0 Å². The smallest absolute Gasteiger partial charge is 0.250 e. The molecule has 0 radical (unpaired) electrons. The Labute approximate surface area is 119 Å². The third-order valence-electron chi connectivity index (χ3n) is 2.91. The van der Waals surface area contributed by atoms with Gasteiger partial charge in [0.2, 0.25) is 11.8 Å². The van der Waals surface area contributed by atoms with E-state index in [1.54, 1.807) is 0 Å². The van der Waals surface area contributed by atoms with Crippen LogP contribution in [-0.2, 0) is 16.0 Å². The quantitative estimate of drug-likeness (QED) is 0.432. The molecule has 1 aromatic carbocycles. The fraction of sp³-hybridized carbons (Fsp3) is 0.467. The molecule has 0 saturated carbocycles. The molecule has 0 fully saturated rings. The lowest BCUT2D eigenvalue weighted by molar-refractivity contribution is -0.164. The summed E-state index contributed by atoms with van der Waals surface area (Å²) in [4.78, 5) is 22.4. The van der Waals surface area contributed by atoms with Crippen molar-refractivity contribution in [1.29, 1.82) is 0 Å². The number of rotatable bonds is 8. The van der Waals surface area contributed by atoms with Gasteiger partial charge >= 0.3 is 0 Å². The number of benzene rings is 1. The van der Waals surface area contributed by atoms with Gasteiger partial charge in [-0.1, -0.05) is 30.3 Å². The van der Waals surface area contributed by atoms with Crippen LogP contribution in [0.2, 0.25) is 0 Å². The minimum Gasteiger partial charge on any atom is -0.356 e. The van der Waals surface area contributed by atoms with E-state index in [-0.39, 0.29) is 18.2 Å². The highest BCUT2D eigenvalue weighted by molar-refractivity contribution is 5.77. The fourth-order valence-corrected chi connectivity index (χ4v) is 1.81. The summed E-state index contributed by atoms with van der Waals surface area (Å²) in [7, 11) is 0. The normalized spacial score (nSPS) is 10.1. The van der Waals surface area contributed by atoms with Crippen molar-refractivity contribution in [2.45, 2.75) is 32.6 Å². The Morgan fingerprint density at radius 1 is 1.15 bits per heavy atom. The van der Waals surface area contributed by atoms with Crippen molar-refractivity contribution >= 4 is 11.8 Å². The zero-order valence-electron chi connectivity index (χ0n) is 11.8. The van der Waals surface area contributed by atoms with Gasteiger partial charge in [-0.2, -0.15) is 0 Å². The summed E-state index contributed by atoms with van der Waals surface area (Å²) in [5.41, 5.74) is 0.891. The maximum absolute atomic E-state index is 11.7. The molecule has 20 heavy (non-hydrogen) atoms. The van der Waals surface area contributed by atoms with E-state index >= 15 is 0 Å². The van der Waals surface area contributed by atoms with Crippen molar-refractivity contribution in [3.63, 3.8) is 0 Å². The molecule has 0 bridgehead atoms. The molecule has 0 heterocycles. The van der Waals surface area contributed by atoms with E-state index in [9.17, 15) is 14.8 Å². The maximum Gasteiger partial charge on any atom is 0.250 e. The van der Waals surface area contributed by atoms with Crippen LogP contribution in [0, 0.1) is 0 Å². The summed E-state index contributed by atoms with van der Waals surface area (Å²) in [6.45, 7) is 2.45. The van der Waals surface area contributed by atoms with Gasteiger partial charge in [0, 0.05) is 20.0 Å². The van der Waals surface area contributed by atoms with Crippen molar-refractivity contribution in [2.75, 3.05) is 13.1 Å². The molecule has 1 rings (SSSR count). The zero-order valence-corrected chi connectivity index (χ0v) is 11.8. The first-order chi connectivity index (χ1) is 9.59. The summed E-state index contributed by atoms with van der Waals surface area (Å²) in [6, 6.07) is 9.34. The van der Waals surface area contributed by atoms with Crippen LogP contribution in [0.4, 0.5) is 0 Å². The van der Waals surface area contributed by atoms with E-state index in [4.69, 9.17) is 0 Å². The van der Waals surface area contributed by atoms with Crippen LogP contribution < -0.4 is 5.32 Å². The van der Waals surface area contributed by atoms with Crippen molar-refractivity contribution in [3.8, 4) is 0 Å². The van der Waals surface area contributed by atoms with Crippen LogP contribution in [0.15, 0.2) is 30.3 Å². The highest BCUT2D eigenvalue weighted by atomic mass is 16.5. The molecule has 0 atom stereocenters. The lowest BCUT2D eigenvalue weighted by Crippen LogP contribution is -2.30. The van der Waals surface area contributed by atoms with Crippen LogP contribution >= 0.6 is 0 Å². The SMILES string of the molecule is CC(=O)NCCCCCN(O)C(=O)Cc1ccccc1. The number of hydrogen-bond donors (Lipinski definition) is 2. The van der Waals surface area contributed by atoms with E-state index in [1.807, 2.05) is 30.3 Å². The van der Waals surface area contributed by atoms with Gasteiger partial charge in [0.25, 0.3) is 0 Å². The van der Waals surface area contributed by atoms with Gasteiger partial charge in [0.1, 0.15) is 0 Å². The van der Waals surface area contributed by atoms with Crippen LogP contribution in [-0.4, -0.2) is 35.2 Å². The fourth-order valence-electron chi connectivity index (χ4n) is 1.81. The van der Waals surface area contributed by atoms with Crippen molar-refractivity contribution < 1.29 is 14.8 Å². The molecule has 2 amide bonds. The first kappa shape index (κ1) is 16.2. The first-order valence-electron chi connectivity index (χ1n) is 6.87. The summed E-state index contributed by atoms with van der Waals surface area (Å²) in [5, 5.41) is 13.1.